The van der Waals surface area contributed by atoms with Crippen molar-refractivity contribution in [3.05, 3.63) is 70.4 Å². The maximum atomic E-state index is 13.1. The molecule has 0 unspecified atom stereocenters. The number of hydrogen-bond acceptors (Lipinski definition) is 5. The van der Waals surface area contributed by atoms with E-state index >= 15 is 0 Å². The number of carbonyl (C=O) groups is 1. The van der Waals surface area contributed by atoms with Crippen LogP contribution in [0.4, 0.5) is 5.82 Å². The number of carbonyl (C=O) groups excluding carboxylic acids is 1. The highest BCUT2D eigenvalue weighted by molar-refractivity contribution is 7.90. The molecule has 8 heteroatoms. The Bertz CT molecular complexity index is 1250. The van der Waals surface area contributed by atoms with Crippen molar-refractivity contribution in [3.8, 4) is 11.4 Å². The van der Waals surface area contributed by atoms with Crippen LogP contribution < -0.4 is 10.1 Å². The van der Waals surface area contributed by atoms with E-state index in [9.17, 15) is 13.2 Å². The molecule has 0 radical (unpaired) electrons. The summed E-state index contributed by atoms with van der Waals surface area (Å²) in [6.45, 7) is 6.24. The molecule has 0 atom stereocenters. The van der Waals surface area contributed by atoms with Crippen LogP contribution in [-0.4, -0.2) is 30.7 Å². The molecule has 4 rings (SSSR count). The number of amides is 1. The molecule has 1 aromatic heterocycles. The Morgan fingerprint density at radius 3 is 2.67 bits per heavy atom. The predicted octanol–water partition coefficient (Wildman–Crippen LogP) is 3.57. The number of rotatable bonds is 5. The Hall–Kier alpha value is -3.13. The lowest BCUT2D eigenvalue weighted by atomic mass is 10.1. The van der Waals surface area contributed by atoms with Gasteiger partial charge in [-0.1, -0.05) is 29.8 Å². The number of nitrogens with one attached hydrogen (secondary N) is 1. The average molecular weight is 426 g/mol. The maximum Gasteiger partial charge on any atom is 0.260 e. The molecule has 0 saturated carbocycles. The summed E-state index contributed by atoms with van der Waals surface area (Å²) in [4.78, 5) is 13.1. The second-order valence-electron chi connectivity index (χ2n) is 7.39. The average Bonchev–Trinajstić information content (AvgIpc) is 3.15. The molecular formula is C22H23N3O4S. The lowest BCUT2D eigenvalue weighted by molar-refractivity contribution is 0.102. The predicted molar refractivity (Wildman–Crippen MR) is 115 cm³/mol. The van der Waals surface area contributed by atoms with Crippen LogP contribution >= 0.6 is 0 Å². The van der Waals surface area contributed by atoms with Gasteiger partial charge in [0.25, 0.3) is 5.91 Å². The standard InChI is InChI=1S/C22H23N3O4S/c1-4-29-20-8-6-5-7-16(20)22(26)23-21-17-12-30(27,28)13-18(17)24-25(21)19-10-9-14(2)11-15(19)3/h5-11H,4,12-13H2,1-3H3,(H,23,26). The number of nitrogens with zero attached hydrogens (tertiary/aromatic N) is 2. The number of aromatic nitrogens is 2. The van der Waals surface area contributed by atoms with Gasteiger partial charge in [-0.3, -0.25) is 4.79 Å². The molecule has 2 aromatic carbocycles. The molecular weight excluding hydrogens is 402 g/mol. The van der Waals surface area contributed by atoms with E-state index in [1.54, 1.807) is 28.9 Å². The van der Waals surface area contributed by atoms with Gasteiger partial charge < -0.3 is 10.1 Å². The normalized spacial score (nSPS) is 14.4. The molecule has 1 aliphatic heterocycles. The van der Waals surface area contributed by atoms with E-state index in [0.717, 1.165) is 16.8 Å². The number of hydrogen-bond donors (Lipinski definition) is 1. The number of ether oxygens (including phenoxy) is 1. The van der Waals surface area contributed by atoms with Gasteiger partial charge in [0, 0.05) is 5.56 Å². The minimum absolute atomic E-state index is 0.126. The Morgan fingerprint density at radius 2 is 1.93 bits per heavy atom. The molecule has 2 heterocycles. The molecule has 0 spiro atoms. The van der Waals surface area contributed by atoms with Gasteiger partial charge in [-0.15, -0.1) is 0 Å². The summed E-state index contributed by atoms with van der Waals surface area (Å²) >= 11 is 0. The van der Waals surface area contributed by atoms with Crippen molar-refractivity contribution in [2.45, 2.75) is 32.3 Å². The van der Waals surface area contributed by atoms with Crippen molar-refractivity contribution in [3.63, 3.8) is 0 Å². The first-order chi connectivity index (χ1) is 14.3. The second kappa shape index (κ2) is 7.60. The maximum absolute atomic E-state index is 13.1. The topological polar surface area (TPSA) is 90.3 Å². The molecule has 156 valence electrons. The monoisotopic (exact) mass is 425 g/mol. The Balaban J connectivity index is 1.80. The zero-order valence-corrected chi connectivity index (χ0v) is 17.9. The number of benzene rings is 2. The fraction of sp³-hybridized carbons (Fsp3) is 0.273. The van der Waals surface area contributed by atoms with Crippen LogP contribution in [-0.2, 0) is 21.3 Å². The minimum Gasteiger partial charge on any atom is -0.493 e. The summed E-state index contributed by atoms with van der Waals surface area (Å²) < 4.78 is 31.6. The summed E-state index contributed by atoms with van der Waals surface area (Å²) in [5, 5.41) is 7.45. The Labute approximate surface area is 175 Å². The Kier molecular flexibility index (Phi) is 5.11. The van der Waals surface area contributed by atoms with Gasteiger partial charge in [-0.2, -0.15) is 5.10 Å². The largest absolute Gasteiger partial charge is 0.493 e. The molecule has 1 N–H and O–H groups in total. The SMILES string of the molecule is CCOc1ccccc1C(=O)Nc1c2c(nn1-c1ccc(C)cc1C)CS(=O)(=O)C2. The minimum atomic E-state index is -3.27. The van der Waals surface area contributed by atoms with Crippen LogP contribution in [0.25, 0.3) is 5.69 Å². The van der Waals surface area contributed by atoms with Gasteiger partial charge in [0.05, 0.1) is 35.1 Å². The fourth-order valence-electron chi connectivity index (χ4n) is 3.70. The fourth-order valence-corrected chi connectivity index (χ4v) is 5.19. The zero-order chi connectivity index (χ0) is 21.5. The highest BCUT2D eigenvalue weighted by atomic mass is 32.2. The summed E-state index contributed by atoms with van der Waals surface area (Å²) in [5.41, 5.74) is 4.27. The van der Waals surface area contributed by atoms with E-state index in [4.69, 9.17) is 4.74 Å². The summed E-state index contributed by atoms with van der Waals surface area (Å²) in [6, 6.07) is 12.9. The number of anilines is 1. The van der Waals surface area contributed by atoms with Gasteiger partial charge in [0.1, 0.15) is 11.6 Å². The van der Waals surface area contributed by atoms with Gasteiger partial charge in [0.15, 0.2) is 9.84 Å². The van der Waals surface area contributed by atoms with E-state index < -0.39 is 9.84 Å². The lowest BCUT2D eigenvalue weighted by Crippen LogP contribution is -2.18. The van der Waals surface area contributed by atoms with Crippen LogP contribution in [0.1, 0.15) is 39.7 Å². The van der Waals surface area contributed by atoms with Crippen LogP contribution in [0.3, 0.4) is 0 Å². The van der Waals surface area contributed by atoms with Gasteiger partial charge >= 0.3 is 0 Å². The third kappa shape index (κ3) is 3.70. The molecule has 1 aliphatic rings. The van der Waals surface area contributed by atoms with Crippen molar-refractivity contribution >= 4 is 21.6 Å². The van der Waals surface area contributed by atoms with E-state index in [1.807, 2.05) is 39.0 Å². The van der Waals surface area contributed by atoms with Gasteiger partial charge in [-0.25, -0.2) is 13.1 Å². The first kappa shape index (κ1) is 20.2. The summed E-state index contributed by atoms with van der Waals surface area (Å²) in [5.74, 6) is 0.208. The molecule has 0 bridgehead atoms. The number of para-hydroxylation sites is 1. The van der Waals surface area contributed by atoms with Crippen molar-refractivity contribution in [2.75, 3.05) is 11.9 Å². The highest BCUT2D eigenvalue weighted by Crippen LogP contribution is 2.34. The smallest absolute Gasteiger partial charge is 0.260 e. The second-order valence-corrected chi connectivity index (χ2v) is 9.46. The quantitative estimate of drug-likeness (QED) is 0.675. The number of fused-ring (bicyclic) bond motifs is 1. The van der Waals surface area contributed by atoms with E-state index in [-0.39, 0.29) is 17.4 Å². The first-order valence-electron chi connectivity index (χ1n) is 9.71. The Morgan fingerprint density at radius 1 is 1.17 bits per heavy atom. The lowest BCUT2D eigenvalue weighted by Gasteiger charge is -2.15. The number of aryl methyl sites for hydroxylation is 2. The van der Waals surface area contributed by atoms with Crippen LogP contribution in [0.5, 0.6) is 5.75 Å². The molecule has 30 heavy (non-hydrogen) atoms. The highest BCUT2D eigenvalue weighted by Gasteiger charge is 2.33. The van der Waals surface area contributed by atoms with Crippen molar-refractivity contribution in [2.24, 2.45) is 0 Å². The molecule has 0 aliphatic carbocycles. The van der Waals surface area contributed by atoms with Gasteiger partial charge in [-0.05, 0) is 44.5 Å². The van der Waals surface area contributed by atoms with E-state index in [2.05, 4.69) is 10.4 Å². The first-order valence-corrected chi connectivity index (χ1v) is 11.5. The van der Waals surface area contributed by atoms with Crippen LogP contribution in [0.2, 0.25) is 0 Å². The third-order valence-corrected chi connectivity index (χ3v) is 6.47. The van der Waals surface area contributed by atoms with Crippen molar-refractivity contribution in [1.82, 2.24) is 9.78 Å². The van der Waals surface area contributed by atoms with Crippen LogP contribution in [0.15, 0.2) is 42.5 Å². The summed E-state index contributed by atoms with van der Waals surface area (Å²) in [7, 11) is -3.27. The third-order valence-electron chi connectivity index (χ3n) is 5.03. The zero-order valence-electron chi connectivity index (χ0n) is 17.1. The molecule has 1 amide bonds. The van der Waals surface area contributed by atoms with Gasteiger partial charge in [0.2, 0.25) is 0 Å². The van der Waals surface area contributed by atoms with E-state index in [0.29, 0.717) is 35.0 Å². The molecule has 0 saturated heterocycles. The number of sulfone groups is 1. The molecule has 3 aromatic rings. The van der Waals surface area contributed by atoms with E-state index in [1.165, 1.54) is 0 Å². The molecule has 0 fully saturated rings. The van der Waals surface area contributed by atoms with Crippen LogP contribution in [0, 0.1) is 13.8 Å². The summed E-state index contributed by atoms with van der Waals surface area (Å²) in [6.07, 6.45) is 0. The van der Waals surface area contributed by atoms with Crippen molar-refractivity contribution < 1.29 is 17.9 Å². The molecule has 7 nitrogen and oxygen atoms in total. The van der Waals surface area contributed by atoms with Crippen molar-refractivity contribution in [1.29, 1.82) is 0 Å².